The second kappa shape index (κ2) is 7.03. The average molecular weight is 252 g/mol. The van der Waals surface area contributed by atoms with Gasteiger partial charge in [-0.25, -0.2) is 0 Å². The zero-order valence-electron chi connectivity index (χ0n) is 11.0. The first-order valence-corrected chi connectivity index (χ1v) is 5.98. The van der Waals surface area contributed by atoms with Crippen molar-refractivity contribution < 1.29 is 9.90 Å². The lowest BCUT2D eigenvalue weighted by Crippen LogP contribution is -2.34. The lowest BCUT2D eigenvalue weighted by Gasteiger charge is -2.09. The topological polar surface area (TPSA) is 87.1 Å². The van der Waals surface area contributed by atoms with Gasteiger partial charge in [-0.05, 0) is 26.8 Å². The monoisotopic (exact) mass is 252 g/mol. The van der Waals surface area contributed by atoms with Gasteiger partial charge in [0.15, 0.2) is 0 Å². The summed E-state index contributed by atoms with van der Waals surface area (Å²) in [6.45, 7) is 6.91. The van der Waals surface area contributed by atoms with Crippen LogP contribution >= 0.6 is 0 Å². The highest BCUT2D eigenvalue weighted by molar-refractivity contribution is 5.95. The van der Waals surface area contributed by atoms with Crippen molar-refractivity contribution >= 4 is 5.91 Å². The summed E-state index contributed by atoms with van der Waals surface area (Å²) in [6, 6.07) is 1.72. The lowest BCUT2D eigenvalue weighted by atomic mass is 10.2. The molecule has 1 atom stereocenters. The van der Waals surface area contributed by atoms with E-state index >= 15 is 0 Å². The normalized spacial score (nSPS) is 12.2. The minimum absolute atomic E-state index is 0.149. The first-order valence-electron chi connectivity index (χ1n) is 5.98. The second-order valence-corrected chi connectivity index (χ2v) is 4.29. The molecule has 0 radical (unpaired) electrons. The van der Waals surface area contributed by atoms with Crippen molar-refractivity contribution in [1.82, 2.24) is 20.8 Å². The number of amides is 1. The molecule has 3 N–H and O–H groups in total. The molecule has 1 rings (SSSR count). The van der Waals surface area contributed by atoms with E-state index in [-0.39, 0.29) is 12.0 Å². The van der Waals surface area contributed by atoms with E-state index in [0.717, 1.165) is 5.69 Å². The predicted octanol–water partition coefficient (Wildman–Crippen LogP) is -0.206. The molecular formula is C12H20N4O2. The Balaban J connectivity index is 2.39. The number of hydrogen-bond acceptors (Lipinski definition) is 5. The molecule has 6 nitrogen and oxygen atoms in total. The Morgan fingerprint density at radius 1 is 1.39 bits per heavy atom. The van der Waals surface area contributed by atoms with Crippen LogP contribution < -0.4 is 10.6 Å². The fourth-order valence-electron chi connectivity index (χ4n) is 1.45. The molecule has 1 aromatic heterocycles. The van der Waals surface area contributed by atoms with Crippen LogP contribution in [0.25, 0.3) is 0 Å². The van der Waals surface area contributed by atoms with E-state index in [4.69, 9.17) is 5.11 Å². The molecule has 18 heavy (non-hydrogen) atoms. The molecule has 0 saturated heterocycles. The molecule has 6 heteroatoms. The van der Waals surface area contributed by atoms with Gasteiger partial charge in [-0.1, -0.05) is 0 Å². The Kier molecular flexibility index (Phi) is 5.67. The van der Waals surface area contributed by atoms with Crippen LogP contribution in [0.4, 0.5) is 0 Å². The first-order chi connectivity index (χ1) is 8.50. The molecule has 100 valence electrons. The molecule has 0 spiro atoms. The summed E-state index contributed by atoms with van der Waals surface area (Å²) in [5, 5.41) is 22.6. The Morgan fingerprint density at radius 2 is 2.11 bits per heavy atom. The van der Waals surface area contributed by atoms with E-state index in [1.54, 1.807) is 26.8 Å². The van der Waals surface area contributed by atoms with Crippen molar-refractivity contribution in [2.24, 2.45) is 0 Å². The lowest BCUT2D eigenvalue weighted by molar-refractivity contribution is 0.0952. The van der Waals surface area contributed by atoms with Crippen molar-refractivity contribution in [2.75, 3.05) is 19.6 Å². The van der Waals surface area contributed by atoms with E-state index in [9.17, 15) is 4.79 Å². The molecule has 0 bridgehead atoms. The maximum Gasteiger partial charge on any atom is 0.253 e. The van der Waals surface area contributed by atoms with Crippen LogP contribution in [0.15, 0.2) is 6.07 Å². The highest BCUT2D eigenvalue weighted by atomic mass is 16.3. The molecule has 1 aromatic rings. The van der Waals surface area contributed by atoms with Crippen molar-refractivity contribution in [2.45, 2.75) is 26.9 Å². The maximum absolute atomic E-state index is 11.9. The van der Waals surface area contributed by atoms with Gasteiger partial charge in [-0.3, -0.25) is 4.79 Å². The minimum atomic E-state index is -0.380. The summed E-state index contributed by atoms with van der Waals surface area (Å²) in [5.41, 5.74) is 1.89. The third-order valence-corrected chi connectivity index (χ3v) is 2.37. The fraction of sp³-hybridized carbons (Fsp3) is 0.583. The molecule has 0 fully saturated rings. The highest BCUT2D eigenvalue weighted by Gasteiger charge is 2.10. The summed E-state index contributed by atoms with van der Waals surface area (Å²) >= 11 is 0. The molecule has 1 heterocycles. The van der Waals surface area contributed by atoms with Gasteiger partial charge in [0.2, 0.25) is 0 Å². The molecule has 0 aliphatic rings. The largest absolute Gasteiger partial charge is 0.392 e. The number of aliphatic hydroxyl groups excluding tert-OH is 1. The number of nitrogens with one attached hydrogen (secondary N) is 2. The zero-order valence-corrected chi connectivity index (χ0v) is 11.0. The Bertz CT molecular complexity index is 407. The molecule has 0 aliphatic heterocycles. The Hall–Kier alpha value is -1.53. The van der Waals surface area contributed by atoms with Gasteiger partial charge in [0.05, 0.1) is 23.1 Å². The van der Waals surface area contributed by atoms with Gasteiger partial charge in [0.1, 0.15) is 0 Å². The number of aliphatic hydroxyl groups is 1. The molecule has 0 aromatic carbocycles. The van der Waals surface area contributed by atoms with Crippen LogP contribution in [0.2, 0.25) is 0 Å². The van der Waals surface area contributed by atoms with Gasteiger partial charge in [-0.15, -0.1) is 0 Å². The Morgan fingerprint density at radius 3 is 2.78 bits per heavy atom. The summed E-state index contributed by atoms with van der Waals surface area (Å²) in [4.78, 5) is 11.9. The van der Waals surface area contributed by atoms with E-state index < -0.39 is 0 Å². The van der Waals surface area contributed by atoms with Gasteiger partial charge < -0.3 is 15.7 Å². The third-order valence-electron chi connectivity index (χ3n) is 2.37. The van der Waals surface area contributed by atoms with Gasteiger partial charge in [0, 0.05) is 19.6 Å². The van der Waals surface area contributed by atoms with Gasteiger partial charge in [-0.2, -0.15) is 10.2 Å². The van der Waals surface area contributed by atoms with Crippen LogP contribution in [-0.2, 0) is 0 Å². The summed E-state index contributed by atoms with van der Waals surface area (Å²) in [5.74, 6) is -0.149. The molecule has 1 amide bonds. The van der Waals surface area contributed by atoms with Crippen LogP contribution in [0.5, 0.6) is 0 Å². The van der Waals surface area contributed by atoms with Crippen LogP contribution in [0, 0.1) is 13.8 Å². The summed E-state index contributed by atoms with van der Waals surface area (Å²) < 4.78 is 0. The van der Waals surface area contributed by atoms with E-state index in [2.05, 4.69) is 20.8 Å². The number of carbonyl (C=O) groups is 1. The van der Waals surface area contributed by atoms with Crippen molar-refractivity contribution in [3.8, 4) is 0 Å². The fourth-order valence-corrected chi connectivity index (χ4v) is 1.45. The van der Waals surface area contributed by atoms with Crippen LogP contribution in [-0.4, -0.2) is 46.9 Å². The highest BCUT2D eigenvalue weighted by Crippen LogP contribution is 2.04. The van der Waals surface area contributed by atoms with Crippen molar-refractivity contribution in [1.29, 1.82) is 0 Å². The standard InChI is InChI=1S/C12H20N4O2/c1-8-6-11(10(3)16-15-8)12(18)14-5-4-13-7-9(2)17/h6,9,13,17H,4-5,7H2,1-3H3,(H,14,18). The van der Waals surface area contributed by atoms with E-state index in [0.29, 0.717) is 30.9 Å². The van der Waals surface area contributed by atoms with Gasteiger partial charge in [0.25, 0.3) is 5.91 Å². The summed E-state index contributed by atoms with van der Waals surface area (Å²) in [6.07, 6.45) is -0.380. The number of hydrogen-bond donors (Lipinski definition) is 3. The number of aryl methyl sites for hydroxylation is 2. The van der Waals surface area contributed by atoms with Gasteiger partial charge >= 0.3 is 0 Å². The number of rotatable bonds is 6. The minimum Gasteiger partial charge on any atom is -0.392 e. The summed E-state index contributed by atoms with van der Waals surface area (Å²) in [7, 11) is 0. The molecule has 0 saturated carbocycles. The number of aromatic nitrogens is 2. The van der Waals surface area contributed by atoms with E-state index in [1.807, 2.05) is 0 Å². The SMILES string of the molecule is Cc1cc(C(=O)NCCNCC(C)O)c(C)nn1. The van der Waals surface area contributed by atoms with Crippen LogP contribution in [0.3, 0.4) is 0 Å². The Labute approximate surface area is 107 Å². The quantitative estimate of drug-likeness (QED) is 0.610. The van der Waals surface area contributed by atoms with E-state index in [1.165, 1.54) is 0 Å². The average Bonchev–Trinajstić information content (AvgIpc) is 2.31. The molecular weight excluding hydrogens is 232 g/mol. The third kappa shape index (κ3) is 4.77. The first kappa shape index (κ1) is 14.5. The number of carbonyl (C=O) groups excluding carboxylic acids is 1. The van der Waals surface area contributed by atoms with Crippen molar-refractivity contribution in [3.05, 3.63) is 23.0 Å². The number of nitrogens with zero attached hydrogens (tertiary/aromatic N) is 2. The predicted molar refractivity (Wildman–Crippen MR) is 68.4 cm³/mol. The van der Waals surface area contributed by atoms with Crippen molar-refractivity contribution in [3.63, 3.8) is 0 Å². The second-order valence-electron chi connectivity index (χ2n) is 4.29. The zero-order chi connectivity index (χ0) is 13.5. The molecule has 1 unspecified atom stereocenters. The van der Waals surface area contributed by atoms with Crippen LogP contribution in [0.1, 0.15) is 28.7 Å². The maximum atomic E-state index is 11.9. The smallest absolute Gasteiger partial charge is 0.253 e. The molecule has 0 aliphatic carbocycles.